The number of rotatable bonds is 5. The van der Waals surface area contributed by atoms with Gasteiger partial charge in [0, 0.05) is 16.8 Å². The van der Waals surface area contributed by atoms with Crippen molar-refractivity contribution < 1.29 is 10.2 Å². The molecule has 0 unspecified atom stereocenters. The monoisotopic (exact) mass is 385 g/mol. The fraction of sp³-hybridized carbons (Fsp3) is 0.0952. The van der Waals surface area contributed by atoms with Crippen molar-refractivity contribution in [2.45, 2.75) is 12.1 Å². The van der Waals surface area contributed by atoms with E-state index in [9.17, 15) is 10.2 Å². The summed E-state index contributed by atoms with van der Waals surface area (Å²) in [6.45, 7) is 0. The highest BCUT2D eigenvalue weighted by atomic mass is 35.5. The molecule has 0 bridgehead atoms. The van der Waals surface area contributed by atoms with Gasteiger partial charge < -0.3 is 10.2 Å². The zero-order chi connectivity index (χ0) is 18.5. The van der Waals surface area contributed by atoms with Gasteiger partial charge in [0.05, 0.1) is 5.02 Å². The first-order chi connectivity index (χ1) is 12.6. The molecule has 0 spiro atoms. The summed E-state index contributed by atoms with van der Waals surface area (Å²) in [5, 5.41) is 21.5. The number of aliphatic imine (C=N–C) groups is 1. The Balaban J connectivity index is 1.99. The molecule has 0 aliphatic carbocycles. The van der Waals surface area contributed by atoms with Crippen LogP contribution in [0.2, 0.25) is 10.0 Å². The SMILES string of the molecule is Oc1c(Cl)cc(Cl)cc1C=N[C@@H](c1ccccc1)[C@H](O)c1ccccc1. The van der Waals surface area contributed by atoms with Gasteiger partial charge in [0.2, 0.25) is 0 Å². The smallest absolute Gasteiger partial charge is 0.143 e. The quantitative estimate of drug-likeness (QED) is 0.562. The van der Waals surface area contributed by atoms with Gasteiger partial charge >= 0.3 is 0 Å². The lowest BCUT2D eigenvalue weighted by molar-refractivity contribution is 0.148. The van der Waals surface area contributed by atoms with Gasteiger partial charge in [-0.1, -0.05) is 83.9 Å². The maximum Gasteiger partial charge on any atom is 0.143 e. The summed E-state index contributed by atoms with van der Waals surface area (Å²) in [6, 6.07) is 21.3. The summed E-state index contributed by atoms with van der Waals surface area (Å²) in [5.74, 6) is -0.0965. The van der Waals surface area contributed by atoms with Crippen LogP contribution in [0.15, 0.2) is 77.8 Å². The number of phenolic OH excluding ortho intramolecular Hbond substituents is 1. The van der Waals surface area contributed by atoms with Crippen molar-refractivity contribution in [3.63, 3.8) is 0 Å². The number of hydrogen-bond acceptors (Lipinski definition) is 3. The minimum absolute atomic E-state index is 0.0965. The zero-order valence-electron chi connectivity index (χ0n) is 13.8. The van der Waals surface area contributed by atoms with E-state index in [-0.39, 0.29) is 10.8 Å². The topological polar surface area (TPSA) is 52.8 Å². The molecule has 5 heteroatoms. The van der Waals surface area contributed by atoms with Gasteiger partial charge in [0.1, 0.15) is 17.9 Å². The van der Waals surface area contributed by atoms with Crippen molar-refractivity contribution in [1.29, 1.82) is 0 Å². The van der Waals surface area contributed by atoms with Crippen LogP contribution in [-0.2, 0) is 0 Å². The van der Waals surface area contributed by atoms with Crippen LogP contribution in [0.5, 0.6) is 5.75 Å². The number of hydrogen-bond donors (Lipinski definition) is 2. The third kappa shape index (κ3) is 4.25. The van der Waals surface area contributed by atoms with E-state index >= 15 is 0 Å². The Kier molecular flexibility index (Phi) is 5.94. The summed E-state index contributed by atoms with van der Waals surface area (Å²) in [5.41, 5.74) is 2.00. The molecule has 0 aliphatic heterocycles. The molecule has 0 radical (unpaired) electrons. The van der Waals surface area contributed by atoms with Crippen molar-refractivity contribution in [2.24, 2.45) is 4.99 Å². The number of phenols is 1. The van der Waals surface area contributed by atoms with Crippen LogP contribution in [-0.4, -0.2) is 16.4 Å². The molecule has 26 heavy (non-hydrogen) atoms. The first-order valence-corrected chi connectivity index (χ1v) is 8.81. The standard InChI is InChI=1S/C21H17Cl2NO2/c22-17-11-16(20(25)18(23)12-17)13-24-19(14-7-3-1-4-8-14)21(26)15-9-5-2-6-10-15/h1-13,19,21,25-26H/t19-,21+/m0/s1. The van der Waals surface area contributed by atoms with E-state index in [0.29, 0.717) is 10.6 Å². The highest BCUT2D eigenvalue weighted by molar-refractivity contribution is 6.36. The van der Waals surface area contributed by atoms with Crippen molar-refractivity contribution in [1.82, 2.24) is 0 Å². The van der Waals surface area contributed by atoms with E-state index in [1.165, 1.54) is 12.3 Å². The van der Waals surface area contributed by atoms with Gasteiger partial charge in [-0.05, 0) is 23.3 Å². The molecule has 0 fully saturated rings. The van der Waals surface area contributed by atoms with E-state index in [0.717, 1.165) is 11.1 Å². The van der Waals surface area contributed by atoms with E-state index in [2.05, 4.69) is 4.99 Å². The van der Waals surface area contributed by atoms with Crippen molar-refractivity contribution in [3.05, 3.63) is 99.5 Å². The van der Waals surface area contributed by atoms with Gasteiger partial charge in [-0.15, -0.1) is 0 Å². The van der Waals surface area contributed by atoms with Gasteiger partial charge in [-0.25, -0.2) is 0 Å². The van der Waals surface area contributed by atoms with Crippen LogP contribution >= 0.6 is 23.2 Å². The average Bonchev–Trinajstić information content (AvgIpc) is 2.67. The largest absolute Gasteiger partial charge is 0.506 e. The van der Waals surface area contributed by atoms with Crippen molar-refractivity contribution >= 4 is 29.4 Å². The molecular formula is C21H17Cl2NO2. The Morgan fingerprint density at radius 1 is 0.846 bits per heavy atom. The minimum Gasteiger partial charge on any atom is -0.506 e. The second kappa shape index (κ2) is 8.37. The fourth-order valence-corrected chi connectivity index (χ4v) is 3.19. The molecular weight excluding hydrogens is 369 g/mol. The summed E-state index contributed by atoms with van der Waals surface area (Å²) in [4.78, 5) is 4.53. The highest BCUT2D eigenvalue weighted by Gasteiger charge is 2.21. The third-order valence-electron chi connectivity index (χ3n) is 4.01. The van der Waals surface area contributed by atoms with Crippen LogP contribution in [0.25, 0.3) is 0 Å². The number of halogens is 2. The summed E-state index contributed by atoms with van der Waals surface area (Å²) in [7, 11) is 0. The lowest BCUT2D eigenvalue weighted by Gasteiger charge is -2.20. The average molecular weight is 386 g/mol. The maximum atomic E-state index is 10.9. The number of aliphatic hydroxyl groups excluding tert-OH is 1. The van der Waals surface area contributed by atoms with Crippen molar-refractivity contribution in [2.75, 3.05) is 0 Å². The first kappa shape index (κ1) is 18.5. The number of benzene rings is 3. The molecule has 0 saturated carbocycles. The molecule has 0 heterocycles. The van der Waals surface area contributed by atoms with Crippen molar-refractivity contribution in [3.8, 4) is 5.75 Å². The van der Waals surface area contributed by atoms with E-state index in [1.807, 2.05) is 60.7 Å². The van der Waals surface area contributed by atoms with Gasteiger partial charge in [0.15, 0.2) is 0 Å². The van der Waals surface area contributed by atoms with E-state index in [4.69, 9.17) is 23.2 Å². The second-order valence-corrected chi connectivity index (χ2v) is 6.66. The second-order valence-electron chi connectivity index (χ2n) is 5.81. The predicted molar refractivity (Wildman–Crippen MR) is 106 cm³/mol. The number of aliphatic hydroxyl groups is 1. The van der Waals surface area contributed by atoms with E-state index < -0.39 is 12.1 Å². The molecule has 2 atom stereocenters. The Morgan fingerprint density at radius 2 is 1.42 bits per heavy atom. The van der Waals surface area contributed by atoms with Crippen LogP contribution in [0.4, 0.5) is 0 Å². The molecule has 3 nitrogen and oxygen atoms in total. The van der Waals surface area contributed by atoms with Crippen LogP contribution in [0.3, 0.4) is 0 Å². The zero-order valence-corrected chi connectivity index (χ0v) is 15.3. The Morgan fingerprint density at radius 3 is 2.04 bits per heavy atom. The minimum atomic E-state index is -0.841. The molecule has 0 amide bonds. The van der Waals surface area contributed by atoms with Crippen LogP contribution in [0.1, 0.15) is 28.8 Å². The molecule has 3 aromatic carbocycles. The van der Waals surface area contributed by atoms with E-state index in [1.54, 1.807) is 6.07 Å². The number of aromatic hydroxyl groups is 1. The Labute approximate surface area is 162 Å². The third-order valence-corrected chi connectivity index (χ3v) is 4.52. The fourth-order valence-electron chi connectivity index (χ4n) is 2.68. The Bertz CT molecular complexity index is 899. The molecule has 0 saturated heterocycles. The molecule has 3 rings (SSSR count). The summed E-state index contributed by atoms with van der Waals surface area (Å²) < 4.78 is 0. The molecule has 0 aromatic heterocycles. The lowest BCUT2D eigenvalue weighted by atomic mass is 9.96. The maximum absolute atomic E-state index is 10.9. The first-order valence-electron chi connectivity index (χ1n) is 8.05. The summed E-state index contributed by atoms with van der Waals surface area (Å²) >= 11 is 12.0. The summed E-state index contributed by atoms with van der Waals surface area (Å²) in [6.07, 6.45) is 0.642. The van der Waals surface area contributed by atoms with Gasteiger partial charge in [-0.3, -0.25) is 4.99 Å². The van der Waals surface area contributed by atoms with Crippen LogP contribution in [0, 0.1) is 0 Å². The molecule has 0 aliphatic rings. The normalized spacial score (nSPS) is 13.7. The Hall–Kier alpha value is -2.33. The molecule has 3 aromatic rings. The van der Waals surface area contributed by atoms with Crippen LogP contribution < -0.4 is 0 Å². The highest BCUT2D eigenvalue weighted by Crippen LogP contribution is 2.34. The lowest BCUT2D eigenvalue weighted by Crippen LogP contribution is -2.09. The van der Waals surface area contributed by atoms with Gasteiger partial charge in [-0.2, -0.15) is 0 Å². The molecule has 132 valence electrons. The molecule has 2 N–H and O–H groups in total. The number of nitrogens with zero attached hydrogens (tertiary/aromatic N) is 1. The van der Waals surface area contributed by atoms with Gasteiger partial charge in [0.25, 0.3) is 0 Å². The predicted octanol–water partition coefficient (Wildman–Crippen LogP) is 5.59.